The summed E-state index contributed by atoms with van der Waals surface area (Å²) < 4.78 is 0. The number of aromatic nitrogens is 1. The number of carbonyl (C=O) groups is 2. The lowest BCUT2D eigenvalue weighted by Gasteiger charge is -2.07. The average Bonchev–Trinajstić information content (AvgIpc) is 3.13. The summed E-state index contributed by atoms with van der Waals surface area (Å²) in [5.74, 6) is -0.388. The average molecular weight is 386 g/mol. The van der Waals surface area contributed by atoms with E-state index in [0.717, 1.165) is 10.6 Å². The minimum absolute atomic E-state index is 0.0828. The number of hydrogen-bond donors (Lipinski definition) is 2. The summed E-state index contributed by atoms with van der Waals surface area (Å²) in [7, 11) is 0. The lowest BCUT2D eigenvalue weighted by molar-refractivity contribution is -0.115. The predicted octanol–water partition coefficient (Wildman–Crippen LogP) is 5.06. The third-order valence-electron chi connectivity index (χ3n) is 3.55. The van der Waals surface area contributed by atoms with Crippen LogP contribution in [0.25, 0.3) is 10.6 Å². The molecule has 0 saturated carbocycles. The Hall–Kier alpha value is -2.70. The van der Waals surface area contributed by atoms with Gasteiger partial charge in [-0.25, -0.2) is 4.98 Å². The smallest absolute Gasteiger partial charge is 0.275 e. The summed E-state index contributed by atoms with van der Waals surface area (Å²) in [5.41, 5.74) is 2.46. The van der Waals surface area contributed by atoms with E-state index in [4.69, 9.17) is 11.6 Å². The van der Waals surface area contributed by atoms with Crippen LogP contribution in [-0.2, 0) is 4.79 Å². The number of halogens is 1. The second kappa shape index (κ2) is 8.12. The highest BCUT2D eigenvalue weighted by atomic mass is 35.5. The van der Waals surface area contributed by atoms with Crippen LogP contribution in [0.15, 0.2) is 53.9 Å². The van der Waals surface area contributed by atoms with E-state index in [-0.39, 0.29) is 11.8 Å². The molecule has 2 N–H and O–H groups in total. The first-order chi connectivity index (χ1) is 12.5. The summed E-state index contributed by atoms with van der Waals surface area (Å²) in [4.78, 5) is 28.3. The minimum Gasteiger partial charge on any atom is -0.326 e. The molecule has 26 heavy (non-hydrogen) atoms. The SMILES string of the molecule is CCC(=O)Nc1cccc(NC(=O)c2csc(-c3ccc(Cl)cc3)n2)c1. The fourth-order valence-electron chi connectivity index (χ4n) is 2.22. The Bertz CT molecular complexity index is 938. The van der Waals surface area contributed by atoms with Crippen LogP contribution in [0.4, 0.5) is 11.4 Å². The number of hydrogen-bond acceptors (Lipinski definition) is 4. The maximum Gasteiger partial charge on any atom is 0.275 e. The Kier molecular flexibility index (Phi) is 5.65. The summed E-state index contributed by atoms with van der Waals surface area (Å²) in [6.45, 7) is 1.78. The van der Waals surface area contributed by atoms with Crippen LogP contribution in [0, 0.1) is 0 Å². The van der Waals surface area contributed by atoms with E-state index in [2.05, 4.69) is 15.6 Å². The molecule has 1 aromatic heterocycles. The third kappa shape index (κ3) is 4.47. The van der Waals surface area contributed by atoms with E-state index in [0.29, 0.717) is 28.5 Å². The van der Waals surface area contributed by atoms with Gasteiger partial charge in [0.25, 0.3) is 5.91 Å². The van der Waals surface area contributed by atoms with E-state index in [1.807, 2.05) is 12.1 Å². The molecule has 1 heterocycles. The molecule has 0 radical (unpaired) electrons. The Labute approximate surface area is 160 Å². The maximum absolute atomic E-state index is 12.4. The molecule has 0 unspecified atom stereocenters. The fraction of sp³-hybridized carbons (Fsp3) is 0.105. The van der Waals surface area contributed by atoms with Crippen molar-refractivity contribution in [3.63, 3.8) is 0 Å². The van der Waals surface area contributed by atoms with Gasteiger partial charge in [0.15, 0.2) is 0 Å². The van der Waals surface area contributed by atoms with Crippen LogP contribution in [0.2, 0.25) is 5.02 Å². The molecule has 3 aromatic rings. The van der Waals surface area contributed by atoms with E-state index in [9.17, 15) is 9.59 Å². The molecule has 0 aliphatic rings. The van der Waals surface area contributed by atoms with E-state index in [1.165, 1.54) is 11.3 Å². The van der Waals surface area contributed by atoms with Gasteiger partial charge in [-0.2, -0.15) is 0 Å². The first-order valence-corrected chi connectivity index (χ1v) is 9.23. The number of carbonyl (C=O) groups excluding carboxylic acids is 2. The normalized spacial score (nSPS) is 10.4. The van der Waals surface area contributed by atoms with Crippen molar-refractivity contribution in [1.29, 1.82) is 0 Å². The molecule has 0 atom stereocenters. The molecule has 0 fully saturated rings. The lowest BCUT2D eigenvalue weighted by atomic mass is 10.2. The highest BCUT2D eigenvalue weighted by Crippen LogP contribution is 2.25. The fourth-order valence-corrected chi connectivity index (χ4v) is 3.15. The number of anilines is 2. The van der Waals surface area contributed by atoms with Crippen molar-refractivity contribution in [3.8, 4) is 10.6 Å². The Morgan fingerprint density at radius 2 is 1.77 bits per heavy atom. The van der Waals surface area contributed by atoms with Gasteiger partial charge in [-0.15, -0.1) is 11.3 Å². The van der Waals surface area contributed by atoms with Crippen molar-refractivity contribution >= 4 is 46.1 Å². The number of rotatable bonds is 5. The number of thiazole rings is 1. The Morgan fingerprint density at radius 1 is 1.08 bits per heavy atom. The maximum atomic E-state index is 12.4. The van der Waals surface area contributed by atoms with Gasteiger partial charge in [0.2, 0.25) is 5.91 Å². The van der Waals surface area contributed by atoms with Crippen LogP contribution >= 0.6 is 22.9 Å². The molecular weight excluding hydrogens is 370 g/mol. The molecule has 3 rings (SSSR count). The molecule has 7 heteroatoms. The van der Waals surface area contributed by atoms with Crippen molar-refractivity contribution in [1.82, 2.24) is 4.98 Å². The van der Waals surface area contributed by atoms with Crippen LogP contribution in [0.3, 0.4) is 0 Å². The molecule has 132 valence electrons. The quantitative estimate of drug-likeness (QED) is 0.644. The Morgan fingerprint density at radius 3 is 2.46 bits per heavy atom. The second-order valence-corrected chi connectivity index (χ2v) is 6.78. The van der Waals surface area contributed by atoms with Gasteiger partial charge in [-0.05, 0) is 30.3 Å². The van der Waals surface area contributed by atoms with Crippen LogP contribution in [-0.4, -0.2) is 16.8 Å². The highest BCUT2D eigenvalue weighted by molar-refractivity contribution is 7.13. The molecule has 0 aliphatic heterocycles. The van der Waals surface area contributed by atoms with Crippen LogP contribution < -0.4 is 10.6 Å². The van der Waals surface area contributed by atoms with E-state index in [1.54, 1.807) is 48.7 Å². The first kappa shape index (κ1) is 18.1. The molecule has 0 spiro atoms. The highest BCUT2D eigenvalue weighted by Gasteiger charge is 2.12. The van der Waals surface area contributed by atoms with Gasteiger partial charge < -0.3 is 10.6 Å². The zero-order valence-corrected chi connectivity index (χ0v) is 15.5. The molecule has 2 amide bonds. The number of nitrogens with one attached hydrogen (secondary N) is 2. The van der Waals surface area contributed by atoms with Gasteiger partial charge in [-0.1, -0.05) is 36.7 Å². The largest absolute Gasteiger partial charge is 0.326 e. The summed E-state index contributed by atoms with van der Waals surface area (Å²) in [6, 6.07) is 14.3. The van der Waals surface area contributed by atoms with Crippen molar-refractivity contribution < 1.29 is 9.59 Å². The van der Waals surface area contributed by atoms with Crippen molar-refractivity contribution in [2.24, 2.45) is 0 Å². The molecule has 0 saturated heterocycles. The van der Waals surface area contributed by atoms with Gasteiger partial charge in [0, 0.05) is 33.8 Å². The third-order valence-corrected chi connectivity index (χ3v) is 4.70. The topological polar surface area (TPSA) is 71.1 Å². The van der Waals surface area contributed by atoms with Crippen LogP contribution in [0.5, 0.6) is 0 Å². The Balaban J connectivity index is 1.71. The van der Waals surface area contributed by atoms with Crippen LogP contribution in [0.1, 0.15) is 23.8 Å². The number of benzene rings is 2. The van der Waals surface area contributed by atoms with Gasteiger partial charge in [-0.3, -0.25) is 9.59 Å². The molecule has 0 aliphatic carbocycles. The zero-order valence-electron chi connectivity index (χ0n) is 14.0. The summed E-state index contributed by atoms with van der Waals surface area (Å²) >= 11 is 7.28. The van der Waals surface area contributed by atoms with Crippen molar-refractivity contribution in [3.05, 3.63) is 64.6 Å². The monoisotopic (exact) mass is 385 g/mol. The standard InChI is InChI=1S/C19H16ClN3O2S/c1-2-17(24)21-14-4-3-5-15(10-14)22-18(25)16-11-26-19(23-16)12-6-8-13(20)9-7-12/h3-11H,2H2,1H3,(H,21,24)(H,22,25). The summed E-state index contributed by atoms with van der Waals surface area (Å²) in [6.07, 6.45) is 0.392. The molecular formula is C19H16ClN3O2S. The first-order valence-electron chi connectivity index (χ1n) is 7.98. The zero-order chi connectivity index (χ0) is 18.5. The molecule has 2 aromatic carbocycles. The van der Waals surface area contributed by atoms with E-state index < -0.39 is 0 Å². The molecule has 0 bridgehead atoms. The van der Waals surface area contributed by atoms with Gasteiger partial charge in [0.05, 0.1) is 0 Å². The van der Waals surface area contributed by atoms with Crippen molar-refractivity contribution in [2.45, 2.75) is 13.3 Å². The number of amides is 2. The predicted molar refractivity (Wildman–Crippen MR) is 106 cm³/mol. The van der Waals surface area contributed by atoms with Gasteiger partial charge in [0.1, 0.15) is 10.7 Å². The summed E-state index contributed by atoms with van der Waals surface area (Å²) in [5, 5.41) is 8.66. The minimum atomic E-state index is -0.305. The lowest BCUT2D eigenvalue weighted by Crippen LogP contribution is -2.13. The van der Waals surface area contributed by atoms with E-state index >= 15 is 0 Å². The second-order valence-electron chi connectivity index (χ2n) is 5.48. The van der Waals surface area contributed by atoms with Gasteiger partial charge >= 0.3 is 0 Å². The number of nitrogens with zero attached hydrogens (tertiary/aromatic N) is 1. The molecule has 5 nitrogen and oxygen atoms in total. The van der Waals surface area contributed by atoms with Crippen molar-refractivity contribution in [2.75, 3.05) is 10.6 Å².